The number of hydrogen-bond donors (Lipinski definition) is 2. The van der Waals surface area contributed by atoms with Crippen molar-refractivity contribution in [3.05, 3.63) is 35.4 Å². The molecule has 2 N–H and O–H groups in total. The molecule has 1 saturated carbocycles. The van der Waals surface area contributed by atoms with E-state index in [1.54, 1.807) is 0 Å². The molecule has 0 amide bonds. The van der Waals surface area contributed by atoms with Gasteiger partial charge in [-0.1, -0.05) is 24.3 Å². The molecule has 2 nitrogen and oxygen atoms in total. The van der Waals surface area contributed by atoms with Crippen LogP contribution in [0.1, 0.15) is 29.9 Å². The summed E-state index contributed by atoms with van der Waals surface area (Å²) in [5.74, 6) is 1.73. The van der Waals surface area contributed by atoms with Crippen LogP contribution in [-0.4, -0.2) is 24.3 Å². The lowest BCUT2D eigenvalue weighted by Gasteiger charge is -2.38. The Labute approximate surface area is 103 Å². The van der Waals surface area contributed by atoms with Crippen LogP contribution >= 0.6 is 0 Å². The lowest BCUT2D eigenvalue weighted by Crippen LogP contribution is -2.36. The van der Waals surface area contributed by atoms with E-state index in [9.17, 15) is 5.11 Å². The Morgan fingerprint density at radius 2 is 2.00 bits per heavy atom. The fourth-order valence-electron chi connectivity index (χ4n) is 3.74. The minimum atomic E-state index is -0.155. The molecule has 1 aliphatic carbocycles. The lowest BCUT2D eigenvalue weighted by atomic mass is 9.68. The molecule has 1 aliphatic heterocycles. The predicted octanol–water partition coefficient (Wildman–Crippen LogP) is 2.07. The third kappa shape index (κ3) is 1.90. The van der Waals surface area contributed by atoms with Gasteiger partial charge in [-0.3, -0.25) is 0 Å². The Kier molecular flexibility index (Phi) is 2.93. The van der Waals surface area contributed by atoms with E-state index in [0.717, 1.165) is 25.4 Å². The lowest BCUT2D eigenvalue weighted by molar-refractivity contribution is 0.0591. The number of aliphatic hydroxyl groups is 1. The zero-order valence-electron chi connectivity index (χ0n) is 10.4. The molecule has 1 heterocycles. The summed E-state index contributed by atoms with van der Waals surface area (Å²) in [7, 11) is 0. The van der Waals surface area contributed by atoms with Crippen molar-refractivity contribution < 1.29 is 5.11 Å². The van der Waals surface area contributed by atoms with Crippen LogP contribution in [0.5, 0.6) is 0 Å². The van der Waals surface area contributed by atoms with Gasteiger partial charge in [0.05, 0.1) is 6.10 Å². The van der Waals surface area contributed by atoms with Crippen LogP contribution in [0.3, 0.4) is 0 Å². The predicted molar refractivity (Wildman–Crippen MR) is 69.0 cm³/mol. The Balaban J connectivity index is 1.96. The first-order chi connectivity index (χ1) is 8.27. The van der Waals surface area contributed by atoms with Gasteiger partial charge in [-0.05, 0) is 55.8 Å². The second kappa shape index (κ2) is 4.43. The van der Waals surface area contributed by atoms with Crippen LogP contribution in [-0.2, 0) is 0 Å². The SMILES string of the molecule is Cc1ccccc1[C@H]1[C@@H]2CNC[C@H]2CC[C@@H]1O. The van der Waals surface area contributed by atoms with E-state index in [4.69, 9.17) is 0 Å². The highest BCUT2D eigenvalue weighted by molar-refractivity contribution is 5.31. The van der Waals surface area contributed by atoms with Crippen molar-refractivity contribution in [1.82, 2.24) is 5.32 Å². The summed E-state index contributed by atoms with van der Waals surface area (Å²) in [4.78, 5) is 0. The molecule has 0 spiro atoms. The average molecular weight is 231 g/mol. The summed E-state index contributed by atoms with van der Waals surface area (Å²) in [6.45, 7) is 4.37. The topological polar surface area (TPSA) is 32.3 Å². The maximum atomic E-state index is 10.4. The third-order valence-electron chi connectivity index (χ3n) is 4.65. The van der Waals surface area contributed by atoms with Gasteiger partial charge in [-0.25, -0.2) is 0 Å². The molecule has 1 aromatic carbocycles. The second-order valence-electron chi connectivity index (χ2n) is 5.61. The van der Waals surface area contributed by atoms with E-state index in [0.29, 0.717) is 11.8 Å². The Morgan fingerprint density at radius 3 is 2.82 bits per heavy atom. The Bertz CT molecular complexity index is 404. The fraction of sp³-hybridized carbons (Fsp3) is 0.600. The molecule has 1 saturated heterocycles. The van der Waals surface area contributed by atoms with Crippen molar-refractivity contribution in [2.45, 2.75) is 31.8 Å². The van der Waals surface area contributed by atoms with Gasteiger partial charge in [0.1, 0.15) is 0 Å². The standard InChI is InChI=1S/C15H21NO/c1-10-4-2-3-5-12(10)15-13-9-16-8-11(13)6-7-14(15)17/h2-5,11,13-17H,6-9H2,1H3/t11-,13-,14+,15+/m1/s1. The summed E-state index contributed by atoms with van der Waals surface area (Å²) in [6.07, 6.45) is 1.99. The molecule has 92 valence electrons. The van der Waals surface area contributed by atoms with Gasteiger partial charge in [0.2, 0.25) is 0 Å². The first-order valence-corrected chi connectivity index (χ1v) is 6.71. The van der Waals surface area contributed by atoms with E-state index >= 15 is 0 Å². The number of aliphatic hydroxyl groups excluding tert-OH is 1. The van der Waals surface area contributed by atoms with Crippen LogP contribution in [0, 0.1) is 18.8 Å². The van der Waals surface area contributed by atoms with Crippen molar-refractivity contribution >= 4 is 0 Å². The first-order valence-electron chi connectivity index (χ1n) is 6.71. The average Bonchev–Trinajstić information content (AvgIpc) is 2.79. The molecule has 17 heavy (non-hydrogen) atoms. The number of benzene rings is 1. The first kappa shape index (κ1) is 11.2. The monoisotopic (exact) mass is 231 g/mol. The second-order valence-corrected chi connectivity index (χ2v) is 5.61. The minimum absolute atomic E-state index is 0.155. The van der Waals surface area contributed by atoms with Gasteiger partial charge >= 0.3 is 0 Å². The molecule has 2 fully saturated rings. The Morgan fingerprint density at radius 1 is 1.18 bits per heavy atom. The molecular weight excluding hydrogens is 210 g/mol. The van der Waals surface area contributed by atoms with E-state index in [1.807, 2.05) is 0 Å². The van der Waals surface area contributed by atoms with Crippen LogP contribution < -0.4 is 5.32 Å². The molecule has 3 rings (SSSR count). The molecule has 0 radical (unpaired) electrons. The summed E-state index contributed by atoms with van der Waals surface area (Å²) in [5.41, 5.74) is 2.68. The zero-order chi connectivity index (χ0) is 11.8. The fourth-order valence-corrected chi connectivity index (χ4v) is 3.74. The van der Waals surface area contributed by atoms with Gasteiger partial charge in [0, 0.05) is 5.92 Å². The summed E-state index contributed by atoms with van der Waals surface area (Å²) >= 11 is 0. The van der Waals surface area contributed by atoms with Gasteiger partial charge in [0.25, 0.3) is 0 Å². The van der Waals surface area contributed by atoms with Crippen molar-refractivity contribution in [3.63, 3.8) is 0 Å². The minimum Gasteiger partial charge on any atom is -0.392 e. The summed E-state index contributed by atoms with van der Waals surface area (Å²) in [5, 5.41) is 13.9. The summed E-state index contributed by atoms with van der Waals surface area (Å²) in [6, 6.07) is 8.54. The molecule has 2 aliphatic rings. The molecule has 0 aromatic heterocycles. The highest BCUT2D eigenvalue weighted by Gasteiger charge is 2.42. The van der Waals surface area contributed by atoms with Crippen LogP contribution in [0.4, 0.5) is 0 Å². The molecular formula is C15H21NO. The number of rotatable bonds is 1. The quantitative estimate of drug-likeness (QED) is 0.775. The molecule has 1 aromatic rings. The highest BCUT2D eigenvalue weighted by Crippen LogP contribution is 2.43. The molecule has 2 heteroatoms. The van der Waals surface area contributed by atoms with E-state index in [1.165, 1.54) is 17.5 Å². The maximum Gasteiger partial charge on any atom is 0.0612 e. The maximum absolute atomic E-state index is 10.4. The van der Waals surface area contributed by atoms with E-state index < -0.39 is 0 Å². The number of aryl methyl sites for hydroxylation is 1. The smallest absolute Gasteiger partial charge is 0.0612 e. The molecule has 0 bridgehead atoms. The third-order valence-corrected chi connectivity index (χ3v) is 4.65. The van der Waals surface area contributed by atoms with Gasteiger partial charge in [-0.15, -0.1) is 0 Å². The van der Waals surface area contributed by atoms with Gasteiger partial charge < -0.3 is 10.4 Å². The summed E-state index contributed by atoms with van der Waals surface area (Å²) < 4.78 is 0. The zero-order valence-corrected chi connectivity index (χ0v) is 10.4. The van der Waals surface area contributed by atoms with E-state index in [2.05, 4.69) is 36.5 Å². The number of nitrogens with one attached hydrogen (secondary N) is 1. The normalized spacial score (nSPS) is 36.8. The molecule has 4 atom stereocenters. The Hall–Kier alpha value is -0.860. The number of fused-ring (bicyclic) bond motifs is 1. The number of hydrogen-bond acceptors (Lipinski definition) is 2. The van der Waals surface area contributed by atoms with Crippen LogP contribution in [0.15, 0.2) is 24.3 Å². The van der Waals surface area contributed by atoms with Crippen molar-refractivity contribution in [2.75, 3.05) is 13.1 Å². The van der Waals surface area contributed by atoms with Crippen molar-refractivity contribution in [1.29, 1.82) is 0 Å². The van der Waals surface area contributed by atoms with Crippen molar-refractivity contribution in [2.24, 2.45) is 11.8 Å². The van der Waals surface area contributed by atoms with Crippen LogP contribution in [0.2, 0.25) is 0 Å². The highest BCUT2D eigenvalue weighted by atomic mass is 16.3. The van der Waals surface area contributed by atoms with Gasteiger partial charge in [0.15, 0.2) is 0 Å². The van der Waals surface area contributed by atoms with E-state index in [-0.39, 0.29) is 6.10 Å². The largest absolute Gasteiger partial charge is 0.392 e. The van der Waals surface area contributed by atoms with Crippen LogP contribution in [0.25, 0.3) is 0 Å². The van der Waals surface area contributed by atoms with Gasteiger partial charge in [-0.2, -0.15) is 0 Å². The van der Waals surface area contributed by atoms with Crippen molar-refractivity contribution in [3.8, 4) is 0 Å². The molecule has 0 unspecified atom stereocenters.